The van der Waals surface area contributed by atoms with Gasteiger partial charge in [0.25, 0.3) is 0 Å². The van der Waals surface area contributed by atoms with E-state index in [0.29, 0.717) is 17.3 Å². The van der Waals surface area contributed by atoms with E-state index in [4.69, 9.17) is 19.0 Å². The average molecular weight is 407 g/mol. The van der Waals surface area contributed by atoms with E-state index in [1.54, 1.807) is 25.5 Å². The number of aromatic carboxylic acids is 1. The van der Waals surface area contributed by atoms with E-state index >= 15 is 0 Å². The zero-order valence-electron chi connectivity index (χ0n) is 17.1. The Kier molecular flexibility index (Phi) is 7.27. The Morgan fingerprint density at radius 2 is 1.90 bits per heavy atom. The van der Waals surface area contributed by atoms with Gasteiger partial charge in [-0.15, -0.1) is 0 Å². The fraction of sp³-hybridized carbons (Fsp3) is 0.250. The monoisotopic (exact) mass is 407 g/mol. The van der Waals surface area contributed by atoms with Crippen LogP contribution in [0.3, 0.4) is 0 Å². The molecule has 0 unspecified atom stereocenters. The van der Waals surface area contributed by atoms with Gasteiger partial charge < -0.3 is 19.0 Å². The van der Waals surface area contributed by atoms with Gasteiger partial charge in [0.05, 0.1) is 12.8 Å². The van der Waals surface area contributed by atoms with Gasteiger partial charge in [0.2, 0.25) is 5.76 Å². The number of rotatable bonds is 10. The molecule has 0 aliphatic rings. The van der Waals surface area contributed by atoms with Crippen LogP contribution in [0.15, 0.2) is 64.0 Å². The molecule has 0 radical (unpaired) electrons. The van der Waals surface area contributed by atoms with Gasteiger partial charge in [-0.1, -0.05) is 25.5 Å². The molecule has 30 heavy (non-hydrogen) atoms. The van der Waals surface area contributed by atoms with Crippen LogP contribution in [0.1, 0.15) is 47.2 Å². The van der Waals surface area contributed by atoms with Crippen molar-refractivity contribution in [3.63, 3.8) is 0 Å². The minimum atomic E-state index is -1.11. The van der Waals surface area contributed by atoms with Crippen LogP contribution in [0.25, 0.3) is 0 Å². The zero-order valence-corrected chi connectivity index (χ0v) is 17.1. The van der Waals surface area contributed by atoms with Crippen LogP contribution < -0.4 is 9.47 Å². The first-order chi connectivity index (χ1) is 14.6. The maximum atomic E-state index is 10.9. The highest BCUT2D eigenvalue weighted by molar-refractivity contribution is 5.84. The molecule has 0 fully saturated rings. The number of benzene rings is 2. The van der Waals surface area contributed by atoms with Gasteiger partial charge in [-0.3, -0.25) is 4.99 Å². The lowest BCUT2D eigenvalue weighted by Crippen LogP contribution is -1.98. The summed E-state index contributed by atoms with van der Waals surface area (Å²) in [6.07, 6.45) is 5.25. The molecule has 1 aromatic heterocycles. The number of carboxylic acids is 1. The number of aliphatic imine (C=N–C) groups is 1. The number of ether oxygens (including phenoxy) is 2. The van der Waals surface area contributed by atoms with Gasteiger partial charge in [0.1, 0.15) is 12.4 Å². The van der Waals surface area contributed by atoms with Gasteiger partial charge in [-0.2, -0.15) is 0 Å². The van der Waals surface area contributed by atoms with Crippen LogP contribution in [0.4, 0.5) is 5.69 Å². The number of unbranched alkanes of at least 4 members (excludes halogenated alkanes) is 1. The van der Waals surface area contributed by atoms with Crippen LogP contribution >= 0.6 is 0 Å². The first kappa shape index (κ1) is 21.2. The molecule has 0 atom stereocenters. The lowest BCUT2D eigenvalue weighted by atomic mass is 10.1. The number of methoxy groups -OCH3 is 1. The highest BCUT2D eigenvalue weighted by Gasteiger charge is 2.11. The molecule has 3 aromatic rings. The molecular formula is C24H25NO5. The highest BCUT2D eigenvalue weighted by atomic mass is 16.5. The summed E-state index contributed by atoms with van der Waals surface area (Å²) in [4.78, 5) is 15.4. The van der Waals surface area contributed by atoms with Gasteiger partial charge in [-0.05, 0) is 66.4 Å². The Morgan fingerprint density at radius 3 is 2.57 bits per heavy atom. The van der Waals surface area contributed by atoms with E-state index in [9.17, 15) is 4.79 Å². The van der Waals surface area contributed by atoms with E-state index in [0.717, 1.165) is 17.7 Å². The predicted octanol–water partition coefficient (Wildman–Crippen LogP) is 5.66. The summed E-state index contributed by atoms with van der Waals surface area (Å²) < 4.78 is 16.3. The molecule has 0 bridgehead atoms. The molecule has 156 valence electrons. The van der Waals surface area contributed by atoms with Crippen molar-refractivity contribution in [3.05, 3.63) is 77.2 Å². The second-order valence-electron chi connectivity index (χ2n) is 6.80. The lowest BCUT2D eigenvalue weighted by molar-refractivity contribution is 0.0658. The maximum absolute atomic E-state index is 10.9. The summed E-state index contributed by atoms with van der Waals surface area (Å²) >= 11 is 0. The van der Waals surface area contributed by atoms with E-state index in [2.05, 4.69) is 24.0 Å². The number of carbonyl (C=O) groups is 1. The molecule has 3 rings (SSSR count). The van der Waals surface area contributed by atoms with Gasteiger partial charge >= 0.3 is 5.97 Å². The van der Waals surface area contributed by atoms with Crippen LogP contribution in [-0.2, 0) is 13.0 Å². The number of aryl methyl sites for hydroxylation is 1. The first-order valence-electron chi connectivity index (χ1n) is 9.85. The molecule has 0 aliphatic heterocycles. The van der Waals surface area contributed by atoms with Crippen molar-refractivity contribution < 1.29 is 23.8 Å². The molecular weight excluding hydrogens is 382 g/mol. The molecule has 0 saturated carbocycles. The smallest absolute Gasteiger partial charge is 0.371 e. The van der Waals surface area contributed by atoms with E-state index in [1.807, 2.05) is 24.3 Å². The van der Waals surface area contributed by atoms with Crippen LogP contribution in [0.5, 0.6) is 11.5 Å². The third kappa shape index (κ3) is 5.73. The molecule has 0 aliphatic carbocycles. The largest absolute Gasteiger partial charge is 0.493 e. The molecule has 0 amide bonds. The zero-order chi connectivity index (χ0) is 21.3. The standard InChI is InChI=1S/C24H25NO5/c1-3-4-5-17-6-9-19(10-7-17)25-15-18-8-12-21(23(14-18)28-2)29-16-20-11-13-22(30-20)24(26)27/h6-15H,3-5,16H2,1-2H3,(H,26,27). The van der Waals surface area contributed by atoms with Crippen molar-refractivity contribution in [1.82, 2.24) is 0 Å². The van der Waals surface area contributed by atoms with Crippen molar-refractivity contribution in [2.75, 3.05) is 7.11 Å². The molecule has 1 N–H and O–H groups in total. The summed E-state index contributed by atoms with van der Waals surface area (Å²) in [6.45, 7) is 2.29. The topological polar surface area (TPSA) is 81.3 Å². The summed E-state index contributed by atoms with van der Waals surface area (Å²) in [5.41, 5.74) is 3.09. The normalized spacial score (nSPS) is 11.0. The number of nitrogens with zero attached hydrogens (tertiary/aromatic N) is 1. The molecule has 2 aromatic carbocycles. The van der Waals surface area contributed by atoms with Crippen molar-refractivity contribution in [3.8, 4) is 11.5 Å². The van der Waals surface area contributed by atoms with Gasteiger partial charge in [0.15, 0.2) is 11.5 Å². The Bertz CT molecular complexity index is 1000. The van der Waals surface area contributed by atoms with Crippen molar-refractivity contribution in [1.29, 1.82) is 0 Å². The lowest BCUT2D eigenvalue weighted by Gasteiger charge is -2.10. The predicted molar refractivity (Wildman–Crippen MR) is 115 cm³/mol. The number of carboxylic acid groups (broad SMARTS) is 1. The van der Waals surface area contributed by atoms with Crippen molar-refractivity contribution in [2.24, 2.45) is 4.99 Å². The fourth-order valence-corrected chi connectivity index (χ4v) is 2.88. The Labute approximate surface area is 175 Å². The quantitative estimate of drug-likeness (QED) is 0.439. The number of hydrogen-bond acceptors (Lipinski definition) is 5. The summed E-state index contributed by atoms with van der Waals surface area (Å²) in [6, 6.07) is 16.7. The second kappa shape index (κ2) is 10.3. The van der Waals surface area contributed by atoms with E-state index < -0.39 is 5.97 Å². The average Bonchev–Trinajstić information content (AvgIpc) is 3.25. The number of furan rings is 1. The van der Waals surface area contributed by atoms with E-state index in [1.165, 1.54) is 24.5 Å². The first-order valence-corrected chi connectivity index (χ1v) is 9.85. The van der Waals surface area contributed by atoms with E-state index in [-0.39, 0.29) is 12.4 Å². The number of hydrogen-bond donors (Lipinski definition) is 1. The summed E-state index contributed by atoms with van der Waals surface area (Å²) in [5.74, 6) is 0.271. The second-order valence-corrected chi connectivity index (χ2v) is 6.80. The van der Waals surface area contributed by atoms with Crippen LogP contribution in [0, 0.1) is 0 Å². The Balaban J connectivity index is 1.64. The third-order valence-corrected chi connectivity index (χ3v) is 4.55. The van der Waals surface area contributed by atoms with Crippen LogP contribution in [-0.4, -0.2) is 24.4 Å². The maximum Gasteiger partial charge on any atom is 0.371 e. The van der Waals surface area contributed by atoms with Gasteiger partial charge in [0, 0.05) is 6.21 Å². The highest BCUT2D eigenvalue weighted by Crippen LogP contribution is 2.29. The molecule has 1 heterocycles. The summed E-state index contributed by atoms with van der Waals surface area (Å²) in [7, 11) is 1.56. The fourth-order valence-electron chi connectivity index (χ4n) is 2.88. The third-order valence-electron chi connectivity index (χ3n) is 4.55. The minimum absolute atomic E-state index is 0.0987. The minimum Gasteiger partial charge on any atom is -0.493 e. The Hall–Kier alpha value is -3.54. The van der Waals surface area contributed by atoms with Gasteiger partial charge in [-0.25, -0.2) is 4.79 Å². The Morgan fingerprint density at radius 1 is 1.10 bits per heavy atom. The molecule has 0 saturated heterocycles. The molecule has 6 heteroatoms. The van der Waals surface area contributed by atoms with Crippen molar-refractivity contribution in [2.45, 2.75) is 32.8 Å². The van der Waals surface area contributed by atoms with Crippen LogP contribution in [0.2, 0.25) is 0 Å². The molecule has 6 nitrogen and oxygen atoms in total. The summed E-state index contributed by atoms with van der Waals surface area (Å²) in [5, 5.41) is 8.91. The SMILES string of the molecule is CCCCc1ccc(N=Cc2ccc(OCc3ccc(C(=O)O)o3)c(OC)c2)cc1. The van der Waals surface area contributed by atoms with Crippen molar-refractivity contribution >= 4 is 17.9 Å². The molecule has 0 spiro atoms.